The Kier molecular flexibility index (Phi) is 6.61. The minimum atomic E-state index is -4.48. The lowest BCUT2D eigenvalue weighted by atomic mass is 10.1. The van der Waals surface area contributed by atoms with E-state index >= 15 is 0 Å². The third kappa shape index (κ3) is 4.97. The Hall–Kier alpha value is -4.47. The second-order valence-corrected chi connectivity index (χ2v) is 7.86. The van der Waals surface area contributed by atoms with Crippen LogP contribution in [-0.2, 0) is 17.4 Å². The Morgan fingerprint density at radius 1 is 0.889 bits per heavy atom. The third-order valence-corrected chi connectivity index (χ3v) is 5.57. The molecule has 186 valence electrons. The van der Waals surface area contributed by atoms with E-state index in [4.69, 9.17) is 9.47 Å². The molecule has 0 saturated heterocycles. The second kappa shape index (κ2) is 9.65. The summed E-state index contributed by atoms with van der Waals surface area (Å²) in [6, 6.07) is 15.6. The van der Waals surface area contributed by atoms with Gasteiger partial charge in [-0.25, -0.2) is 4.79 Å². The van der Waals surface area contributed by atoms with Crippen molar-refractivity contribution in [2.45, 2.75) is 19.0 Å². The Bertz CT molecular complexity index is 1420. The summed E-state index contributed by atoms with van der Waals surface area (Å²) in [5.41, 5.74) is 0.484. The number of hydrogen-bond donors (Lipinski definition) is 2. The van der Waals surface area contributed by atoms with Crippen molar-refractivity contribution >= 4 is 22.8 Å². The maximum absolute atomic E-state index is 12.8. The number of aromatic carboxylic acids is 1. The van der Waals surface area contributed by atoms with Gasteiger partial charge < -0.3 is 24.3 Å². The van der Waals surface area contributed by atoms with Gasteiger partial charge in [0.2, 0.25) is 0 Å². The molecule has 3 aromatic carbocycles. The van der Waals surface area contributed by atoms with Crippen LogP contribution in [0.5, 0.6) is 17.2 Å². The first-order chi connectivity index (χ1) is 17.1. The first-order valence-electron chi connectivity index (χ1n) is 10.7. The van der Waals surface area contributed by atoms with Crippen LogP contribution < -0.4 is 9.47 Å². The van der Waals surface area contributed by atoms with Gasteiger partial charge in [0.1, 0.15) is 17.2 Å². The second-order valence-electron chi connectivity index (χ2n) is 7.86. The third-order valence-electron chi connectivity index (χ3n) is 5.57. The van der Waals surface area contributed by atoms with Crippen molar-refractivity contribution in [2.75, 3.05) is 7.11 Å². The number of carbonyl (C=O) groups is 2. The van der Waals surface area contributed by atoms with Gasteiger partial charge in [0.05, 0.1) is 30.2 Å². The average molecular weight is 499 g/mol. The van der Waals surface area contributed by atoms with E-state index in [0.29, 0.717) is 22.3 Å². The number of carboxylic acid groups (broad SMARTS) is 2. The van der Waals surface area contributed by atoms with Gasteiger partial charge in [-0.2, -0.15) is 13.2 Å². The largest absolute Gasteiger partial charge is 0.497 e. The monoisotopic (exact) mass is 499 g/mol. The number of fused-ring (bicyclic) bond motifs is 1. The molecule has 0 saturated carbocycles. The standard InChI is InChI=1S/C26H20F3NO6/c1-35-17-8-4-16(5-9-17)30-21-11-10-19(36-18-6-2-15(3-7-18)26(27,28)29)14-20(21)24(25(33)34)22(30)12-13-23(31)32/h2-11,14H,12-13H2,1H3,(H,31,32)(H,33,34). The quantitative estimate of drug-likeness (QED) is 0.301. The summed E-state index contributed by atoms with van der Waals surface area (Å²) >= 11 is 0. The van der Waals surface area contributed by atoms with Crippen LogP contribution in [0.3, 0.4) is 0 Å². The lowest BCUT2D eigenvalue weighted by molar-refractivity contribution is -0.138. The van der Waals surface area contributed by atoms with Gasteiger partial charge in [-0.05, 0) is 73.2 Å². The topological polar surface area (TPSA) is 98.0 Å². The summed E-state index contributed by atoms with van der Waals surface area (Å²) in [6.07, 6.45) is -4.82. The predicted octanol–water partition coefficient (Wildman–Crippen LogP) is 6.17. The van der Waals surface area contributed by atoms with Crippen LogP contribution in [0.25, 0.3) is 16.6 Å². The number of nitrogens with zero attached hydrogens (tertiary/aromatic N) is 1. The summed E-state index contributed by atoms with van der Waals surface area (Å²) in [5.74, 6) is -1.39. The van der Waals surface area contributed by atoms with E-state index < -0.39 is 23.7 Å². The molecule has 4 rings (SSSR count). The SMILES string of the molecule is COc1ccc(-n2c(CCC(=O)O)c(C(=O)O)c3cc(Oc4ccc(C(F)(F)F)cc4)ccc32)cc1. The minimum Gasteiger partial charge on any atom is -0.497 e. The first kappa shape index (κ1) is 24.6. The van der Waals surface area contributed by atoms with Gasteiger partial charge in [0.25, 0.3) is 0 Å². The Labute approximate surface area is 202 Å². The lowest BCUT2D eigenvalue weighted by Gasteiger charge is -2.12. The Morgan fingerprint density at radius 2 is 1.50 bits per heavy atom. The molecule has 1 aromatic heterocycles. The number of carboxylic acids is 2. The van der Waals surface area contributed by atoms with E-state index in [-0.39, 0.29) is 35.6 Å². The number of benzene rings is 3. The molecule has 36 heavy (non-hydrogen) atoms. The molecule has 0 unspecified atom stereocenters. The molecule has 0 spiro atoms. The highest BCUT2D eigenvalue weighted by atomic mass is 19.4. The number of aliphatic carboxylic acids is 1. The first-order valence-corrected chi connectivity index (χ1v) is 10.7. The number of hydrogen-bond acceptors (Lipinski definition) is 4. The van der Waals surface area contributed by atoms with Crippen molar-refractivity contribution in [1.82, 2.24) is 4.57 Å². The molecule has 7 nitrogen and oxygen atoms in total. The molecule has 10 heteroatoms. The number of methoxy groups -OCH3 is 1. The van der Waals surface area contributed by atoms with Crippen molar-refractivity contribution in [3.05, 3.63) is 83.6 Å². The molecule has 0 aliphatic rings. The van der Waals surface area contributed by atoms with Crippen LogP contribution >= 0.6 is 0 Å². The molecule has 0 atom stereocenters. The van der Waals surface area contributed by atoms with Gasteiger partial charge in [0, 0.05) is 16.8 Å². The Morgan fingerprint density at radius 3 is 2.06 bits per heavy atom. The number of aromatic nitrogens is 1. The fourth-order valence-corrected chi connectivity index (χ4v) is 3.96. The molecule has 4 aromatic rings. The summed E-state index contributed by atoms with van der Waals surface area (Å²) in [4.78, 5) is 23.6. The van der Waals surface area contributed by atoms with E-state index in [2.05, 4.69) is 0 Å². The van der Waals surface area contributed by atoms with E-state index in [9.17, 15) is 33.0 Å². The van der Waals surface area contributed by atoms with E-state index in [1.807, 2.05) is 0 Å². The van der Waals surface area contributed by atoms with Crippen LogP contribution in [-0.4, -0.2) is 33.8 Å². The smallest absolute Gasteiger partial charge is 0.416 e. The Balaban J connectivity index is 1.83. The van der Waals surface area contributed by atoms with Crippen LogP contribution in [0.4, 0.5) is 13.2 Å². The fourth-order valence-electron chi connectivity index (χ4n) is 3.96. The van der Waals surface area contributed by atoms with Crippen LogP contribution in [0, 0.1) is 0 Å². The van der Waals surface area contributed by atoms with Gasteiger partial charge in [0.15, 0.2) is 0 Å². The summed E-state index contributed by atoms with van der Waals surface area (Å²) in [6.45, 7) is 0. The van der Waals surface area contributed by atoms with Crippen molar-refractivity contribution in [3.63, 3.8) is 0 Å². The summed E-state index contributed by atoms with van der Waals surface area (Å²) in [7, 11) is 1.51. The molecule has 0 amide bonds. The number of rotatable bonds is 8. The normalized spacial score (nSPS) is 11.4. The minimum absolute atomic E-state index is 0.0488. The molecule has 0 aliphatic carbocycles. The molecular formula is C26H20F3NO6. The van der Waals surface area contributed by atoms with Gasteiger partial charge in [-0.1, -0.05) is 0 Å². The lowest BCUT2D eigenvalue weighted by Crippen LogP contribution is -2.08. The zero-order chi connectivity index (χ0) is 26.0. The summed E-state index contributed by atoms with van der Waals surface area (Å²) in [5, 5.41) is 19.5. The highest BCUT2D eigenvalue weighted by molar-refractivity contribution is 6.06. The van der Waals surface area contributed by atoms with Crippen molar-refractivity contribution in [3.8, 4) is 22.9 Å². The highest BCUT2D eigenvalue weighted by Gasteiger charge is 2.30. The van der Waals surface area contributed by atoms with Crippen LogP contribution in [0.2, 0.25) is 0 Å². The number of alkyl halides is 3. The molecule has 0 bridgehead atoms. The highest BCUT2D eigenvalue weighted by Crippen LogP contribution is 2.36. The van der Waals surface area contributed by atoms with Crippen molar-refractivity contribution in [1.29, 1.82) is 0 Å². The fraction of sp³-hybridized carbons (Fsp3) is 0.154. The van der Waals surface area contributed by atoms with Gasteiger partial charge >= 0.3 is 18.1 Å². The molecule has 0 aliphatic heterocycles. The number of halogens is 3. The molecular weight excluding hydrogens is 479 g/mol. The summed E-state index contributed by atoms with van der Waals surface area (Å²) < 4.78 is 51.0. The molecule has 0 radical (unpaired) electrons. The zero-order valence-electron chi connectivity index (χ0n) is 18.9. The number of ether oxygens (including phenoxy) is 2. The van der Waals surface area contributed by atoms with Crippen LogP contribution in [0.15, 0.2) is 66.7 Å². The molecule has 1 heterocycles. The van der Waals surface area contributed by atoms with Crippen LogP contribution in [0.1, 0.15) is 28.0 Å². The van der Waals surface area contributed by atoms with Gasteiger partial charge in [-0.15, -0.1) is 0 Å². The van der Waals surface area contributed by atoms with E-state index in [0.717, 1.165) is 12.1 Å². The van der Waals surface area contributed by atoms with Crippen molar-refractivity contribution in [2.24, 2.45) is 0 Å². The van der Waals surface area contributed by atoms with Crippen molar-refractivity contribution < 1.29 is 42.4 Å². The van der Waals surface area contributed by atoms with E-state index in [1.54, 1.807) is 41.0 Å². The average Bonchev–Trinajstić information content (AvgIpc) is 3.16. The van der Waals surface area contributed by atoms with Gasteiger partial charge in [-0.3, -0.25) is 4.79 Å². The maximum Gasteiger partial charge on any atom is 0.416 e. The van der Waals surface area contributed by atoms with E-state index in [1.165, 1.54) is 25.3 Å². The molecule has 0 fully saturated rings. The maximum atomic E-state index is 12.8. The molecule has 2 N–H and O–H groups in total. The zero-order valence-corrected chi connectivity index (χ0v) is 18.9. The predicted molar refractivity (Wildman–Crippen MR) is 124 cm³/mol.